The lowest BCUT2D eigenvalue weighted by atomic mass is 9.74. The summed E-state index contributed by atoms with van der Waals surface area (Å²) in [6.07, 6.45) is 0. The number of anilines is 9. The summed E-state index contributed by atoms with van der Waals surface area (Å²) in [5.74, 6) is -0.306. The molecule has 0 bridgehead atoms. The molecule has 0 amide bonds. The average molecular weight is 1840 g/mol. The maximum absolute atomic E-state index is 14.1. The number of para-hydroxylation sites is 3. The molecule has 3 saturated heterocycles. The number of fused-ring (bicyclic) bond motifs is 12. The molecule has 0 atom stereocenters. The molecule has 10 nitrogen and oxygen atoms in total. The Morgan fingerprint density at radius 1 is 0.252 bits per heavy atom. The number of thiophene rings is 4. The van der Waals surface area contributed by atoms with E-state index in [1.165, 1.54) is 99.6 Å². The van der Waals surface area contributed by atoms with E-state index in [0.29, 0.717) is 5.69 Å². The van der Waals surface area contributed by atoms with E-state index in [1.807, 2.05) is 64.3 Å². The summed E-state index contributed by atoms with van der Waals surface area (Å²) in [6, 6.07) is 123. The number of hydrogen-bond donors (Lipinski definition) is 0. The van der Waals surface area contributed by atoms with Gasteiger partial charge in [0.25, 0.3) is 0 Å². The molecule has 3 aliphatic heterocycles. The van der Waals surface area contributed by atoms with E-state index in [2.05, 4.69) is 408 Å². The van der Waals surface area contributed by atoms with E-state index in [0.717, 1.165) is 105 Å². The highest BCUT2D eigenvalue weighted by Crippen LogP contribution is 2.53. The van der Waals surface area contributed by atoms with Crippen LogP contribution in [0.1, 0.15) is 94.2 Å². The Kier molecular flexibility index (Phi) is 22.9. The molecule has 0 spiro atoms. The van der Waals surface area contributed by atoms with Crippen LogP contribution in [-0.4, -0.2) is 55.0 Å². The van der Waals surface area contributed by atoms with Crippen LogP contribution in [0.2, 0.25) is 0 Å². The SMILES string of the molecule is CC1(C)OB(c2ccccc2-c2cc(N(c3ccccc3)c3ccccc3)cc3c2sc2ccccc23)OC1(C)C.Cc1cc(N(c2ccccc2)c2cc(-c3ccccc3B3OC(C)(C)C(C)(C)O3)c3sc4cccc(C)c4c3c2)cc2sc3ccccc3c12.[C-]#[N+]c1cccc(N(c2ccc(F)cc2)c2cc(-c3ccccc3B3OC(C)(C)C(C)(C)O3)c3sc4ccccc4c3c2)c1. The molecule has 664 valence electrons. The minimum atomic E-state index is -0.534. The van der Waals surface area contributed by atoms with Gasteiger partial charge in [-0.3, -0.25) is 0 Å². The largest absolute Gasteiger partial charge is 0.495 e. The maximum atomic E-state index is 14.1. The van der Waals surface area contributed by atoms with Crippen molar-refractivity contribution < 1.29 is 32.3 Å². The second-order valence-electron chi connectivity index (χ2n) is 38.2. The number of rotatable bonds is 15. The molecule has 7 heterocycles. The van der Waals surface area contributed by atoms with Crippen molar-refractivity contribution >= 4 is 221 Å². The summed E-state index contributed by atoms with van der Waals surface area (Å²) >= 11 is 7.35. The highest BCUT2D eigenvalue weighted by molar-refractivity contribution is 7.27. The Hall–Kier alpha value is -12.8. The van der Waals surface area contributed by atoms with Crippen molar-refractivity contribution in [2.75, 3.05) is 14.7 Å². The molecular weight excluding hydrogens is 1740 g/mol. The zero-order chi connectivity index (χ0) is 93.2. The van der Waals surface area contributed by atoms with Crippen LogP contribution in [0.3, 0.4) is 0 Å². The minimum absolute atomic E-state index is 0.306. The lowest BCUT2D eigenvalue weighted by Crippen LogP contribution is -2.41. The molecule has 23 rings (SSSR count). The summed E-state index contributed by atoms with van der Waals surface area (Å²) in [7, 11) is -1.47. The molecule has 135 heavy (non-hydrogen) atoms. The molecule has 0 radical (unpaired) electrons. The normalized spacial score (nSPS) is 15.6. The standard InChI is InChI=1S/C44H38BNO2S2.C37H30BFN2O2S.C36H32BNO2S/c1-27-15-14-22-38-40(27)35-25-31(24-34(42(35)50-38)32-18-10-12-20-36(32)45-47-43(3,4)44(5,6)48-45)46(29-16-8-7-9-17-29)30-23-28(2)41-33-19-11-13-21-37(33)49-39(41)26-30;1-36(2)37(3,4)43-38(42-36)33-15-8-6-13-29(33)31-22-28(23-32-30-14-7-9-16-34(30)44-35(31)32)41(26-19-17-24(39)18-20-26)27-12-10-11-25(21-27)40-5;1-35(2)36(3,4)40-37(39-35)32-21-13-11-19-28(32)30-23-27(24-31-29-20-12-14-22-33(29)41-34(30)31)38(25-15-7-5-8-16-25)26-17-9-6-10-18-26/h7-26H,1-6H3;6-23H,1-4H3;5-24H,1-4H3. The van der Waals surface area contributed by atoms with Gasteiger partial charge in [0, 0.05) is 149 Å². The van der Waals surface area contributed by atoms with Crippen molar-refractivity contribution in [2.45, 2.75) is 131 Å². The summed E-state index contributed by atoms with van der Waals surface area (Å²) < 4.78 is 63.8. The number of halogens is 1. The van der Waals surface area contributed by atoms with E-state index in [4.69, 9.17) is 34.5 Å². The van der Waals surface area contributed by atoms with Gasteiger partial charge in [0.15, 0.2) is 5.69 Å². The molecule has 18 heteroatoms. The predicted octanol–water partition coefficient (Wildman–Crippen LogP) is 32.1. The fourth-order valence-electron chi connectivity index (χ4n) is 19.0. The first-order chi connectivity index (χ1) is 65.1. The summed E-state index contributed by atoms with van der Waals surface area (Å²) in [5, 5.41) is 10.0. The topological polar surface area (TPSA) is 69.5 Å². The Bertz CT molecular complexity index is 7940. The quantitative estimate of drug-likeness (QED) is 0.0737. The first kappa shape index (κ1) is 88.7. The molecule has 0 aliphatic carbocycles. The van der Waals surface area contributed by atoms with Gasteiger partial charge in [0.2, 0.25) is 0 Å². The van der Waals surface area contributed by atoms with Gasteiger partial charge in [-0.15, -0.1) is 45.3 Å². The van der Waals surface area contributed by atoms with E-state index < -0.39 is 55.0 Å². The third kappa shape index (κ3) is 16.2. The second kappa shape index (κ2) is 34.8. The van der Waals surface area contributed by atoms with Gasteiger partial charge < -0.3 is 42.6 Å². The van der Waals surface area contributed by atoms with Gasteiger partial charge in [0.1, 0.15) is 5.82 Å². The lowest BCUT2D eigenvalue weighted by molar-refractivity contribution is 0.00578. The van der Waals surface area contributed by atoms with Crippen molar-refractivity contribution in [2.24, 2.45) is 0 Å². The Morgan fingerprint density at radius 2 is 0.570 bits per heavy atom. The first-order valence-corrected chi connectivity index (χ1v) is 49.3. The van der Waals surface area contributed by atoms with Gasteiger partial charge in [0.05, 0.1) is 40.2 Å². The molecule has 16 aromatic carbocycles. The van der Waals surface area contributed by atoms with Crippen molar-refractivity contribution in [1.29, 1.82) is 0 Å². The van der Waals surface area contributed by atoms with Gasteiger partial charge in [-0.1, -0.05) is 206 Å². The fraction of sp³-hybridized carbons (Fsp3) is 0.171. The molecule has 0 N–H and O–H groups in total. The monoisotopic (exact) mass is 1840 g/mol. The number of nitrogens with zero attached hydrogens (tertiary/aromatic N) is 4. The van der Waals surface area contributed by atoms with Crippen LogP contribution in [0.25, 0.3) is 119 Å². The molecule has 3 aliphatic rings. The van der Waals surface area contributed by atoms with Crippen LogP contribution in [0, 0.1) is 26.2 Å². The minimum Gasteiger partial charge on any atom is -0.399 e. The van der Waals surface area contributed by atoms with Crippen molar-refractivity contribution in [3.8, 4) is 33.4 Å². The second-order valence-corrected chi connectivity index (χ2v) is 42.5. The van der Waals surface area contributed by atoms with E-state index in [9.17, 15) is 4.39 Å². The zero-order valence-corrected chi connectivity index (χ0v) is 81.2. The van der Waals surface area contributed by atoms with Crippen LogP contribution < -0.4 is 31.1 Å². The molecule has 0 saturated carbocycles. The molecule has 20 aromatic rings. The third-order valence-electron chi connectivity index (χ3n) is 28.0. The first-order valence-electron chi connectivity index (χ1n) is 46.0. The van der Waals surface area contributed by atoms with Crippen LogP contribution in [-0.2, 0) is 27.9 Å². The van der Waals surface area contributed by atoms with Gasteiger partial charge in [-0.25, -0.2) is 9.24 Å². The molecule has 3 fully saturated rings. The van der Waals surface area contributed by atoms with E-state index in [-0.39, 0.29) is 5.82 Å². The summed E-state index contributed by atoms with van der Waals surface area (Å²) in [6.45, 7) is 37.3. The Balaban J connectivity index is 0.000000122. The summed E-state index contributed by atoms with van der Waals surface area (Å²) in [5.41, 5.74) is 19.4. The molecular formula is C117H100B3FN4O6S4. The van der Waals surface area contributed by atoms with E-state index >= 15 is 0 Å². The average Bonchev–Trinajstić information content (AvgIpc) is 1.62. The fourth-order valence-corrected chi connectivity index (χ4v) is 23.9. The highest BCUT2D eigenvalue weighted by atomic mass is 32.1. The van der Waals surface area contributed by atoms with Crippen molar-refractivity contribution in [3.63, 3.8) is 0 Å². The van der Waals surface area contributed by atoms with Crippen LogP contribution in [0.15, 0.2) is 352 Å². The lowest BCUT2D eigenvalue weighted by Gasteiger charge is -2.32. The van der Waals surface area contributed by atoms with E-state index in [1.54, 1.807) is 29.5 Å². The number of aryl methyl sites for hydroxylation is 2. The van der Waals surface area contributed by atoms with Crippen molar-refractivity contribution in [1.82, 2.24) is 0 Å². The number of benzene rings is 16. The molecule has 4 aromatic heterocycles. The summed E-state index contributed by atoms with van der Waals surface area (Å²) in [4.78, 5) is 10.5. The number of hydrogen-bond acceptors (Lipinski definition) is 13. The predicted molar refractivity (Wildman–Crippen MR) is 574 cm³/mol. The molecule has 0 unspecified atom stereocenters. The Morgan fingerprint density at radius 3 is 1.01 bits per heavy atom. The Labute approximate surface area is 805 Å². The highest BCUT2D eigenvalue weighted by Gasteiger charge is 2.55. The van der Waals surface area contributed by atoms with Crippen LogP contribution in [0.5, 0.6) is 0 Å². The van der Waals surface area contributed by atoms with Crippen LogP contribution in [0.4, 0.5) is 61.3 Å². The maximum Gasteiger partial charge on any atom is 0.495 e. The van der Waals surface area contributed by atoms with Gasteiger partial charge in [-0.2, -0.15) is 0 Å². The smallest absolute Gasteiger partial charge is 0.399 e. The van der Waals surface area contributed by atoms with Gasteiger partial charge in [-0.05, 0) is 287 Å². The third-order valence-corrected chi connectivity index (χ3v) is 32.8. The van der Waals surface area contributed by atoms with Crippen molar-refractivity contribution in [3.05, 3.63) is 380 Å². The van der Waals surface area contributed by atoms with Crippen LogP contribution >= 0.6 is 45.3 Å². The van der Waals surface area contributed by atoms with Gasteiger partial charge >= 0.3 is 21.4 Å². The zero-order valence-electron chi connectivity index (χ0n) is 78.0.